The molecule has 0 unspecified atom stereocenters. The number of nitrogens with one attached hydrogen (secondary N) is 1. The smallest absolute Gasteiger partial charge is 0.251 e. The summed E-state index contributed by atoms with van der Waals surface area (Å²) in [4.78, 5) is 11.6. The van der Waals surface area contributed by atoms with Gasteiger partial charge in [0.1, 0.15) is 17.2 Å². The number of anilines is 1. The van der Waals surface area contributed by atoms with Crippen molar-refractivity contribution in [1.29, 1.82) is 0 Å². The second kappa shape index (κ2) is 7.44. The molecule has 4 N–H and O–H groups in total. The van der Waals surface area contributed by atoms with Crippen LogP contribution in [0.3, 0.4) is 0 Å². The number of hydrogen-bond acceptors (Lipinski definition) is 4. The third kappa shape index (κ3) is 3.67. The molecular formula is C21H22F2N4O2. The van der Waals surface area contributed by atoms with Crippen LogP contribution in [-0.2, 0) is 0 Å². The number of aromatic nitrogens is 2. The van der Waals surface area contributed by atoms with E-state index < -0.39 is 17.5 Å². The molecule has 0 bridgehead atoms. The number of nitrogens with two attached hydrogens (primary N) is 1. The molecular weight excluding hydrogens is 378 g/mol. The van der Waals surface area contributed by atoms with Gasteiger partial charge < -0.3 is 16.2 Å². The molecule has 3 aromatic rings. The topological polar surface area (TPSA) is 93.2 Å². The number of aliphatic hydroxyl groups is 1. The van der Waals surface area contributed by atoms with Gasteiger partial charge in [-0.25, -0.2) is 13.5 Å². The van der Waals surface area contributed by atoms with Gasteiger partial charge >= 0.3 is 0 Å². The summed E-state index contributed by atoms with van der Waals surface area (Å²) in [5.41, 5.74) is 6.12. The molecule has 2 aromatic carbocycles. The third-order valence-corrected chi connectivity index (χ3v) is 5.71. The first kappa shape index (κ1) is 19.3. The Balaban J connectivity index is 1.61. The van der Waals surface area contributed by atoms with Crippen molar-refractivity contribution >= 4 is 22.5 Å². The zero-order valence-corrected chi connectivity index (χ0v) is 15.8. The van der Waals surface area contributed by atoms with E-state index in [0.717, 1.165) is 31.7 Å². The normalized spacial score (nSPS) is 15.7. The number of amides is 1. The highest BCUT2D eigenvalue weighted by Gasteiger charge is 2.33. The number of hydrogen-bond donors (Lipinski definition) is 3. The Hall–Kier alpha value is -3.00. The summed E-state index contributed by atoms with van der Waals surface area (Å²) in [6, 6.07) is 6.88. The molecule has 0 radical (unpaired) electrons. The molecule has 1 aliphatic rings. The first-order valence-electron chi connectivity index (χ1n) is 9.54. The van der Waals surface area contributed by atoms with Crippen LogP contribution >= 0.6 is 0 Å². The number of rotatable bonds is 6. The number of benzene rings is 2. The van der Waals surface area contributed by atoms with Crippen molar-refractivity contribution in [3.05, 3.63) is 53.7 Å². The molecule has 4 rings (SSSR count). The molecule has 1 aromatic heterocycles. The predicted molar refractivity (Wildman–Crippen MR) is 106 cm³/mol. The fourth-order valence-electron chi connectivity index (χ4n) is 4.01. The van der Waals surface area contributed by atoms with Gasteiger partial charge in [0.25, 0.3) is 5.91 Å². The van der Waals surface area contributed by atoms with E-state index >= 15 is 0 Å². The molecule has 6 nitrogen and oxygen atoms in total. The Morgan fingerprint density at radius 1 is 1.24 bits per heavy atom. The first-order chi connectivity index (χ1) is 13.9. The van der Waals surface area contributed by atoms with E-state index in [4.69, 9.17) is 5.73 Å². The fraction of sp³-hybridized carbons (Fsp3) is 0.333. The largest absolute Gasteiger partial charge is 0.396 e. The lowest BCUT2D eigenvalue weighted by molar-refractivity contribution is 0.100. The second-order valence-corrected chi connectivity index (χ2v) is 7.71. The van der Waals surface area contributed by atoms with E-state index in [1.54, 1.807) is 12.1 Å². The van der Waals surface area contributed by atoms with Crippen LogP contribution in [0.1, 0.15) is 36.0 Å². The number of primary amides is 1. The van der Waals surface area contributed by atoms with Crippen LogP contribution in [0.15, 0.2) is 36.5 Å². The van der Waals surface area contributed by atoms with Crippen LogP contribution in [0.4, 0.5) is 14.5 Å². The maximum atomic E-state index is 14.7. The van der Waals surface area contributed by atoms with Crippen LogP contribution in [0.2, 0.25) is 0 Å². The quantitative estimate of drug-likeness (QED) is 0.591. The Morgan fingerprint density at radius 3 is 2.66 bits per heavy atom. The molecule has 1 heterocycles. The van der Waals surface area contributed by atoms with Crippen LogP contribution in [0.25, 0.3) is 16.6 Å². The molecule has 0 atom stereocenters. The zero-order valence-electron chi connectivity index (χ0n) is 15.8. The molecule has 0 saturated heterocycles. The molecule has 0 spiro atoms. The van der Waals surface area contributed by atoms with Gasteiger partial charge in [0.2, 0.25) is 0 Å². The summed E-state index contributed by atoms with van der Waals surface area (Å²) in [7, 11) is 0. The summed E-state index contributed by atoms with van der Waals surface area (Å²) < 4.78 is 29.8. The Labute approximate surface area is 166 Å². The molecule has 8 heteroatoms. The molecule has 29 heavy (non-hydrogen) atoms. The van der Waals surface area contributed by atoms with Crippen molar-refractivity contribution < 1.29 is 18.7 Å². The highest BCUT2D eigenvalue weighted by Crippen LogP contribution is 2.38. The zero-order chi connectivity index (χ0) is 20.6. The minimum atomic E-state index is -0.782. The maximum absolute atomic E-state index is 14.7. The number of fused-ring (bicyclic) bond motifs is 1. The highest BCUT2D eigenvalue weighted by molar-refractivity contribution is 6.04. The van der Waals surface area contributed by atoms with Crippen molar-refractivity contribution in [2.75, 3.05) is 18.5 Å². The summed E-state index contributed by atoms with van der Waals surface area (Å²) >= 11 is 0. The Kier molecular flexibility index (Phi) is 4.96. The lowest BCUT2D eigenvalue weighted by atomic mass is 9.87. The molecule has 1 fully saturated rings. The minimum Gasteiger partial charge on any atom is -0.396 e. The van der Waals surface area contributed by atoms with Gasteiger partial charge in [-0.3, -0.25) is 4.79 Å². The third-order valence-electron chi connectivity index (χ3n) is 5.71. The van der Waals surface area contributed by atoms with E-state index in [2.05, 4.69) is 10.4 Å². The predicted octanol–water partition coefficient (Wildman–Crippen LogP) is 3.37. The number of carbonyl (C=O) groups excluding carboxylic acids is 1. The van der Waals surface area contributed by atoms with E-state index in [-0.39, 0.29) is 23.1 Å². The summed E-state index contributed by atoms with van der Waals surface area (Å²) in [5, 5.41) is 17.5. The van der Waals surface area contributed by atoms with Crippen molar-refractivity contribution in [1.82, 2.24) is 9.78 Å². The molecule has 1 amide bonds. The Bertz CT molecular complexity index is 1070. The lowest BCUT2D eigenvalue weighted by Crippen LogP contribution is -2.30. The van der Waals surface area contributed by atoms with Crippen LogP contribution in [0, 0.1) is 17.0 Å². The van der Waals surface area contributed by atoms with Gasteiger partial charge in [0.05, 0.1) is 23.5 Å². The second-order valence-electron chi connectivity index (χ2n) is 7.71. The van der Waals surface area contributed by atoms with Crippen molar-refractivity contribution in [2.45, 2.75) is 25.7 Å². The molecule has 0 aliphatic heterocycles. The van der Waals surface area contributed by atoms with E-state index in [1.807, 2.05) is 0 Å². The molecule has 1 saturated carbocycles. The molecule has 1 aliphatic carbocycles. The van der Waals surface area contributed by atoms with Crippen LogP contribution in [-0.4, -0.2) is 33.9 Å². The van der Waals surface area contributed by atoms with Gasteiger partial charge in [0.15, 0.2) is 0 Å². The SMILES string of the molecule is NC(=O)c1cc(F)cc2cn(-c3ccc(NCC4(CO)CCCC4)c(F)c3)nc12. The summed E-state index contributed by atoms with van der Waals surface area (Å²) in [5.74, 6) is -1.84. The van der Waals surface area contributed by atoms with Crippen LogP contribution in [0.5, 0.6) is 0 Å². The van der Waals surface area contributed by atoms with Gasteiger partial charge in [0, 0.05) is 29.6 Å². The average molecular weight is 400 g/mol. The average Bonchev–Trinajstić information content (AvgIpc) is 3.33. The van der Waals surface area contributed by atoms with Gasteiger partial charge in [-0.2, -0.15) is 5.10 Å². The number of halogens is 2. The monoisotopic (exact) mass is 400 g/mol. The lowest BCUT2D eigenvalue weighted by Gasteiger charge is -2.27. The van der Waals surface area contributed by atoms with Crippen molar-refractivity contribution in [3.8, 4) is 5.69 Å². The fourth-order valence-corrected chi connectivity index (χ4v) is 4.01. The highest BCUT2D eigenvalue weighted by atomic mass is 19.1. The van der Waals surface area contributed by atoms with E-state index in [9.17, 15) is 18.7 Å². The van der Waals surface area contributed by atoms with Crippen LogP contribution < -0.4 is 11.1 Å². The van der Waals surface area contributed by atoms with E-state index in [1.165, 1.54) is 23.0 Å². The molecule has 152 valence electrons. The first-order valence-corrected chi connectivity index (χ1v) is 9.54. The minimum absolute atomic E-state index is 0.0247. The number of aliphatic hydroxyl groups excluding tert-OH is 1. The Morgan fingerprint density at radius 2 is 2.00 bits per heavy atom. The van der Waals surface area contributed by atoms with Crippen molar-refractivity contribution in [2.24, 2.45) is 11.1 Å². The number of nitrogens with zero attached hydrogens (tertiary/aromatic N) is 2. The maximum Gasteiger partial charge on any atom is 0.251 e. The van der Waals surface area contributed by atoms with Gasteiger partial charge in [-0.15, -0.1) is 0 Å². The van der Waals surface area contributed by atoms with Gasteiger partial charge in [-0.05, 0) is 37.1 Å². The van der Waals surface area contributed by atoms with Gasteiger partial charge in [-0.1, -0.05) is 12.8 Å². The number of carbonyl (C=O) groups is 1. The summed E-state index contributed by atoms with van der Waals surface area (Å²) in [6.07, 6.45) is 5.52. The summed E-state index contributed by atoms with van der Waals surface area (Å²) in [6.45, 7) is 0.588. The van der Waals surface area contributed by atoms with Crippen molar-refractivity contribution in [3.63, 3.8) is 0 Å². The standard InChI is InChI=1S/C21H22F2N4O2/c22-14-7-13-10-27(26-19(13)16(8-14)20(24)29)15-3-4-18(17(23)9-15)25-11-21(12-28)5-1-2-6-21/h3-4,7-10,25,28H,1-2,5-6,11-12H2,(H2,24,29). The van der Waals surface area contributed by atoms with E-state index in [0.29, 0.717) is 23.3 Å².